The smallest absolute Gasteiger partial charge is 0.338 e. The monoisotopic (exact) mass is 382 g/mol. The average molecular weight is 382 g/mol. The number of carbonyl (C=O) groups excluding carboxylic acids is 3. The van der Waals surface area contributed by atoms with E-state index in [2.05, 4.69) is 5.32 Å². The average Bonchev–Trinajstić information content (AvgIpc) is 2.69. The molecule has 1 heterocycles. The molecule has 28 heavy (non-hydrogen) atoms. The number of hydrogen-bond donors (Lipinski definition) is 1. The molecule has 0 spiro atoms. The van der Waals surface area contributed by atoms with Crippen molar-refractivity contribution in [1.82, 2.24) is 0 Å². The van der Waals surface area contributed by atoms with Crippen molar-refractivity contribution < 1.29 is 23.9 Å². The van der Waals surface area contributed by atoms with Gasteiger partial charge >= 0.3 is 5.97 Å². The molecule has 7 heteroatoms. The van der Waals surface area contributed by atoms with E-state index in [9.17, 15) is 14.4 Å². The highest BCUT2D eigenvalue weighted by Gasteiger charge is 2.27. The molecular formula is C21H22N2O5. The normalized spacial score (nSPS) is 13.0. The van der Waals surface area contributed by atoms with Crippen LogP contribution in [-0.4, -0.2) is 37.5 Å². The van der Waals surface area contributed by atoms with Gasteiger partial charge in [-0.2, -0.15) is 0 Å². The molecule has 0 bridgehead atoms. The van der Waals surface area contributed by atoms with Crippen LogP contribution in [0, 0.1) is 5.92 Å². The first kappa shape index (κ1) is 19.4. The maximum Gasteiger partial charge on any atom is 0.338 e. The van der Waals surface area contributed by atoms with Crippen LogP contribution in [0.4, 0.5) is 11.4 Å². The van der Waals surface area contributed by atoms with Gasteiger partial charge in [-0.15, -0.1) is 0 Å². The summed E-state index contributed by atoms with van der Waals surface area (Å²) < 4.78 is 10.8. The molecule has 0 saturated heterocycles. The zero-order chi connectivity index (χ0) is 20.1. The molecule has 3 rings (SSSR count). The molecule has 0 aliphatic carbocycles. The maximum absolute atomic E-state index is 12.5. The molecule has 1 aliphatic heterocycles. The van der Waals surface area contributed by atoms with Gasteiger partial charge in [-0.05, 0) is 36.2 Å². The van der Waals surface area contributed by atoms with Gasteiger partial charge in [-0.1, -0.05) is 32.0 Å². The van der Waals surface area contributed by atoms with Gasteiger partial charge in [0.05, 0.1) is 23.5 Å². The zero-order valence-corrected chi connectivity index (χ0v) is 15.8. The summed E-state index contributed by atoms with van der Waals surface area (Å²) in [5.74, 6) is -0.469. The number of fused-ring (bicyclic) bond motifs is 1. The topological polar surface area (TPSA) is 84.9 Å². The molecular weight excluding hydrogens is 360 g/mol. The summed E-state index contributed by atoms with van der Waals surface area (Å²) in [6, 6.07) is 13.6. The summed E-state index contributed by atoms with van der Waals surface area (Å²) in [7, 11) is 0. The van der Waals surface area contributed by atoms with Gasteiger partial charge in [0, 0.05) is 0 Å². The second-order valence-corrected chi connectivity index (χ2v) is 6.85. The predicted molar refractivity (Wildman–Crippen MR) is 104 cm³/mol. The van der Waals surface area contributed by atoms with Crippen molar-refractivity contribution in [3.8, 4) is 5.75 Å². The van der Waals surface area contributed by atoms with Crippen molar-refractivity contribution in [3.05, 3.63) is 54.1 Å². The van der Waals surface area contributed by atoms with Crippen molar-refractivity contribution in [2.75, 3.05) is 30.0 Å². The van der Waals surface area contributed by atoms with Crippen molar-refractivity contribution in [2.45, 2.75) is 13.8 Å². The highest BCUT2D eigenvalue weighted by atomic mass is 16.5. The number of amides is 2. The Bertz CT molecular complexity index is 894. The lowest BCUT2D eigenvalue weighted by molar-refractivity contribution is -0.124. The lowest BCUT2D eigenvalue weighted by Gasteiger charge is -2.28. The fraction of sp³-hybridized carbons (Fsp3) is 0.286. The fourth-order valence-electron chi connectivity index (χ4n) is 2.72. The second kappa shape index (κ2) is 8.56. The number of ether oxygens (including phenoxy) is 2. The number of nitrogens with zero attached hydrogens (tertiary/aromatic N) is 1. The Balaban J connectivity index is 1.63. The molecule has 2 aromatic carbocycles. The Hall–Kier alpha value is -3.35. The largest absolute Gasteiger partial charge is 0.493 e. The zero-order valence-electron chi connectivity index (χ0n) is 15.8. The number of carbonyl (C=O) groups is 3. The number of benzene rings is 2. The number of hydrogen-bond acceptors (Lipinski definition) is 5. The van der Waals surface area contributed by atoms with Crippen LogP contribution in [0.2, 0.25) is 0 Å². The predicted octanol–water partition coefficient (Wildman–Crippen LogP) is 2.86. The molecule has 2 aromatic rings. The minimum atomic E-state index is -0.627. The Kier molecular flexibility index (Phi) is 5.93. The Morgan fingerprint density at radius 2 is 1.93 bits per heavy atom. The van der Waals surface area contributed by atoms with Crippen LogP contribution in [0.5, 0.6) is 5.75 Å². The molecule has 1 N–H and O–H groups in total. The molecule has 7 nitrogen and oxygen atoms in total. The van der Waals surface area contributed by atoms with E-state index in [0.717, 1.165) is 0 Å². The maximum atomic E-state index is 12.5. The van der Waals surface area contributed by atoms with Crippen molar-refractivity contribution in [1.29, 1.82) is 0 Å². The first-order chi connectivity index (χ1) is 13.4. The molecule has 0 aromatic heterocycles. The Morgan fingerprint density at radius 3 is 2.71 bits per heavy atom. The van der Waals surface area contributed by atoms with Gasteiger partial charge in [-0.25, -0.2) is 4.79 Å². The third-order valence-corrected chi connectivity index (χ3v) is 4.05. The van der Waals surface area contributed by atoms with E-state index in [1.54, 1.807) is 48.5 Å². The minimum absolute atomic E-state index is 0.119. The van der Waals surface area contributed by atoms with Gasteiger partial charge in [0.25, 0.3) is 5.91 Å². The van der Waals surface area contributed by atoms with Gasteiger partial charge in [0.15, 0.2) is 6.61 Å². The summed E-state index contributed by atoms with van der Waals surface area (Å²) in [6.07, 6.45) is 0. The first-order valence-corrected chi connectivity index (χ1v) is 9.03. The summed E-state index contributed by atoms with van der Waals surface area (Å²) in [5, 5.41) is 2.71. The standard InChI is InChI=1S/C21H22N2O5/c1-14(2)12-27-16-7-5-6-15(10-16)21(26)28-13-20(25)23-11-19(24)22-17-8-3-4-9-18(17)23/h3-10,14H,11-13H2,1-2H3,(H,22,24). The number of para-hydroxylation sites is 2. The van der Waals surface area contributed by atoms with E-state index < -0.39 is 18.5 Å². The van der Waals surface area contributed by atoms with E-state index in [4.69, 9.17) is 9.47 Å². The summed E-state index contributed by atoms with van der Waals surface area (Å²) in [6.45, 7) is 4.02. The fourth-order valence-corrected chi connectivity index (χ4v) is 2.72. The van der Waals surface area contributed by atoms with Gasteiger partial charge in [0.2, 0.25) is 5.91 Å². The number of rotatable bonds is 6. The molecule has 0 saturated carbocycles. The van der Waals surface area contributed by atoms with E-state index in [1.165, 1.54) is 4.90 Å². The lowest BCUT2D eigenvalue weighted by atomic mass is 10.2. The van der Waals surface area contributed by atoms with E-state index >= 15 is 0 Å². The van der Waals surface area contributed by atoms with Crippen molar-refractivity contribution in [3.63, 3.8) is 0 Å². The third-order valence-electron chi connectivity index (χ3n) is 4.05. The van der Waals surface area contributed by atoms with Crippen molar-refractivity contribution in [2.24, 2.45) is 5.92 Å². The summed E-state index contributed by atoms with van der Waals surface area (Å²) in [5.41, 5.74) is 1.42. The molecule has 2 amide bonds. The van der Waals surface area contributed by atoms with E-state index in [1.807, 2.05) is 13.8 Å². The van der Waals surface area contributed by atoms with Crippen LogP contribution in [0.3, 0.4) is 0 Å². The summed E-state index contributed by atoms with van der Waals surface area (Å²) >= 11 is 0. The molecule has 146 valence electrons. The van der Waals surface area contributed by atoms with E-state index in [0.29, 0.717) is 35.2 Å². The van der Waals surface area contributed by atoms with Gasteiger partial charge in [-0.3, -0.25) is 14.5 Å². The van der Waals surface area contributed by atoms with Crippen LogP contribution in [0.1, 0.15) is 24.2 Å². The number of anilines is 2. The highest BCUT2D eigenvalue weighted by molar-refractivity contribution is 6.10. The van der Waals surface area contributed by atoms with Crippen LogP contribution in [0.15, 0.2) is 48.5 Å². The third kappa shape index (κ3) is 4.68. The van der Waals surface area contributed by atoms with Crippen LogP contribution in [0.25, 0.3) is 0 Å². The van der Waals surface area contributed by atoms with Crippen LogP contribution in [-0.2, 0) is 14.3 Å². The summed E-state index contributed by atoms with van der Waals surface area (Å²) in [4.78, 5) is 38.0. The molecule has 0 unspecified atom stereocenters. The van der Waals surface area contributed by atoms with Gasteiger partial charge in [0.1, 0.15) is 12.3 Å². The molecule has 0 fully saturated rings. The van der Waals surface area contributed by atoms with Crippen LogP contribution >= 0.6 is 0 Å². The van der Waals surface area contributed by atoms with Crippen molar-refractivity contribution >= 4 is 29.2 Å². The number of esters is 1. The minimum Gasteiger partial charge on any atom is -0.493 e. The van der Waals surface area contributed by atoms with Crippen LogP contribution < -0.4 is 15.0 Å². The quantitative estimate of drug-likeness (QED) is 0.777. The number of nitrogens with one attached hydrogen (secondary N) is 1. The van der Waals surface area contributed by atoms with E-state index in [-0.39, 0.29) is 12.5 Å². The second-order valence-electron chi connectivity index (χ2n) is 6.85. The molecule has 0 radical (unpaired) electrons. The Labute approximate surface area is 163 Å². The first-order valence-electron chi connectivity index (χ1n) is 9.03. The molecule has 1 aliphatic rings. The highest BCUT2D eigenvalue weighted by Crippen LogP contribution is 2.28. The Morgan fingerprint density at radius 1 is 1.14 bits per heavy atom. The molecule has 0 atom stereocenters. The van der Waals surface area contributed by atoms with Gasteiger partial charge < -0.3 is 14.8 Å². The lowest BCUT2D eigenvalue weighted by Crippen LogP contribution is -2.44. The SMILES string of the molecule is CC(C)COc1cccc(C(=O)OCC(=O)N2CC(=O)Nc3ccccc32)c1.